The number of benzene rings is 2. The van der Waals surface area contributed by atoms with Crippen LogP contribution < -0.4 is 15.2 Å². The van der Waals surface area contributed by atoms with Crippen molar-refractivity contribution in [2.75, 3.05) is 13.7 Å². The van der Waals surface area contributed by atoms with E-state index in [0.29, 0.717) is 34.0 Å². The maximum Gasteiger partial charge on any atom is 0.139 e. The standard InChI is InChI=1S/C17H18Cl3NO2/c1-22-16-5-4-11(3-2-6-21)7-12(16)10-23-17-9-14(19)13(18)8-15(17)20/h4-5,7-9H,2-3,6,10,21H2,1H3. The molecule has 2 N–H and O–H groups in total. The summed E-state index contributed by atoms with van der Waals surface area (Å²) in [5.74, 6) is 1.24. The second kappa shape index (κ2) is 8.65. The summed E-state index contributed by atoms with van der Waals surface area (Å²) in [6.45, 7) is 0.980. The maximum atomic E-state index is 6.13. The lowest BCUT2D eigenvalue weighted by molar-refractivity contribution is 0.296. The van der Waals surface area contributed by atoms with E-state index in [9.17, 15) is 0 Å². The van der Waals surface area contributed by atoms with Gasteiger partial charge >= 0.3 is 0 Å². The Balaban J connectivity index is 2.17. The SMILES string of the molecule is COc1ccc(CCCN)cc1COc1cc(Cl)c(Cl)cc1Cl. The van der Waals surface area contributed by atoms with Gasteiger partial charge in [-0.15, -0.1) is 0 Å². The fourth-order valence-electron chi connectivity index (χ4n) is 2.18. The molecule has 0 aliphatic heterocycles. The van der Waals surface area contributed by atoms with E-state index < -0.39 is 0 Å². The molecular weight excluding hydrogens is 357 g/mol. The monoisotopic (exact) mass is 373 g/mol. The number of rotatable bonds is 7. The van der Waals surface area contributed by atoms with E-state index in [2.05, 4.69) is 6.07 Å². The van der Waals surface area contributed by atoms with E-state index in [1.807, 2.05) is 12.1 Å². The first-order valence-electron chi connectivity index (χ1n) is 7.18. The van der Waals surface area contributed by atoms with Crippen LogP contribution in [0.5, 0.6) is 11.5 Å². The van der Waals surface area contributed by atoms with Crippen molar-refractivity contribution in [3.8, 4) is 11.5 Å². The Morgan fingerprint density at radius 1 is 0.957 bits per heavy atom. The third-order valence-electron chi connectivity index (χ3n) is 3.37. The third kappa shape index (κ3) is 4.92. The maximum absolute atomic E-state index is 6.13. The predicted molar refractivity (Wildman–Crippen MR) is 96.2 cm³/mol. The average molecular weight is 375 g/mol. The van der Waals surface area contributed by atoms with Crippen LogP contribution in [0.25, 0.3) is 0 Å². The van der Waals surface area contributed by atoms with E-state index in [1.54, 1.807) is 19.2 Å². The van der Waals surface area contributed by atoms with Crippen LogP contribution in [0.3, 0.4) is 0 Å². The highest BCUT2D eigenvalue weighted by Gasteiger charge is 2.10. The Labute approximate surface area is 151 Å². The largest absolute Gasteiger partial charge is 0.496 e. The van der Waals surface area contributed by atoms with Crippen LogP contribution in [-0.4, -0.2) is 13.7 Å². The molecule has 2 rings (SSSR count). The van der Waals surface area contributed by atoms with Crippen molar-refractivity contribution in [1.29, 1.82) is 0 Å². The van der Waals surface area contributed by atoms with E-state index in [0.717, 1.165) is 24.2 Å². The molecule has 0 radical (unpaired) electrons. The van der Waals surface area contributed by atoms with Gasteiger partial charge in [-0.3, -0.25) is 0 Å². The molecule has 0 bridgehead atoms. The number of hydrogen-bond donors (Lipinski definition) is 1. The Kier molecular flexibility index (Phi) is 6.85. The van der Waals surface area contributed by atoms with Crippen LogP contribution in [0.2, 0.25) is 15.1 Å². The summed E-state index contributed by atoms with van der Waals surface area (Å²) in [5, 5.41) is 1.21. The molecule has 23 heavy (non-hydrogen) atoms. The normalized spacial score (nSPS) is 10.7. The van der Waals surface area contributed by atoms with Crippen molar-refractivity contribution < 1.29 is 9.47 Å². The number of halogens is 3. The molecular formula is C17H18Cl3NO2. The highest BCUT2D eigenvalue weighted by Crippen LogP contribution is 2.34. The highest BCUT2D eigenvalue weighted by molar-refractivity contribution is 6.43. The van der Waals surface area contributed by atoms with Gasteiger partial charge in [0.05, 0.1) is 22.2 Å². The first kappa shape index (κ1) is 18.2. The molecule has 0 aliphatic carbocycles. The van der Waals surface area contributed by atoms with Gasteiger partial charge in [0.2, 0.25) is 0 Å². The molecule has 3 nitrogen and oxygen atoms in total. The third-order valence-corrected chi connectivity index (χ3v) is 4.39. The number of hydrogen-bond acceptors (Lipinski definition) is 3. The zero-order valence-electron chi connectivity index (χ0n) is 12.7. The quantitative estimate of drug-likeness (QED) is 0.684. The molecule has 0 saturated heterocycles. The molecule has 124 valence electrons. The highest BCUT2D eigenvalue weighted by atomic mass is 35.5. The molecule has 0 unspecified atom stereocenters. The van der Waals surface area contributed by atoms with Crippen molar-refractivity contribution in [2.45, 2.75) is 19.4 Å². The number of aryl methyl sites for hydroxylation is 1. The average Bonchev–Trinajstić information content (AvgIpc) is 2.55. The summed E-state index contributed by atoms with van der Waals surface area (Å²) < 4.78 is 11.2. The van der Waals surface area contributed by atoms with Gasteiger partial charge < -0.3 is 15.2 Å². The molecule has 0 saturated carbocycles. The van der Waals surface area contributed by atoms with Gasteiger partial charge in [0.15, 0.2) is 0 Å². The van der Waals surface area contributed by atoms with Gasteiger partial charge in [-0.2, -0.15) is 0 Å². The molecule has 6 heteroatoms. The molecule has 2 aromatic rings. The van der Waals surface area contributed by atoms with Crippen molar-refractivity contribution in [2.24, 2.45) is 5.73 Å². The summed E-state index contributed by atoms with van der Waals surface area (Å²) in [5.41, 5.74) is 7.69. The minimum absolute atomic E-state index is 0.317. The van der Waals surface area contributed by atoms with Gasteiger partial charge in [-0.05, 0) is 43.1 Å². The Hall–Kier alpha value is -1.13. The molecule has 2 aromatic carbocycles. The Morgan fingerprint density at radius 3 is 2.39 bits per heavy atom. The van der Waals surface area contributed by atoms with Crippen LogP contribution in [0.15, 0.2) is 30.3 Å². The Bertz CT molecular complexity index is 677. The van der Waals surface area contributed by atoms with E-state index >= 15 is 0 Å². The zero-order chi connectivity index (χ0) is 16.8. The fraction of sp³-hybridized carbons (Fsp3) is 0.294. The summed E-state index contributed by atoms with van der Waals surface area (Å²) >= 11 is 18.0. The van der Waals surface area contributed by atoms with Gasteiger partial charge in [-0.25, -0.2) is 0 Å². The summed E-state index contributed by atoms with van der Waals surface area (Å²) in [6, 6.07) is 9.19. The molecule has 0 atom stereocenters. The van der Waals surface area contributed by atoms with Crippen molar-refractivity contribution in [1.82, 2.24) is 0 Å². The van der Waals surface area contributed by atoms with Gasteiger partial charge in [0.25, 0.3) is 0 Å². The van der Waals surface area contributed by atoms with Crippen LogP contribution in [0.1, 0.15) is 17.5 Å². The topological polar surface area (TPSA) is 44.5 Å². The minimum Gasteiger partial charge on any atom is -0.496 e. The molecule has 0 aromatic heterocycles. The molecule has 0 aliphatic rings. The van der Waals surface area contributed by atoms with Crippen LogP contribution in [0, 0.1) is 0 Å². The lowest BCUT2D eigenvalue weighted by atomic mass is 10.1. The first-order chi connectivity index (χ1) is 11.0. The van der Waals surface area contributed by atoms with Crippen LogP contribution >= 0.6 is 34.8 Å². The van der Waals surface area contributed by atoms with E-state index in [-0.39, 0.29) is 0 Å². The molecule has 0 amide bonds. The smallest absolute Gasteiger partial charge is 0.139 e. The number of ether oxygens (including phenoxy) is 2. The lowest BCUT2D eigenvalue weighted by Crippen LogP contribution is -2.03. The zero-order valence-corrected chi connectivity index (χ0v) is 15.0. The summed E-state index contributed by atoms with van der Waals surface area (Å²) in [4.78, 5) is 0. The molecule has 0 fully saturated rings. The summed E-state index contributed by atoms with van der Waals surface area (Å²) in [7, 11) is 1.63. The van der Waals surface area contributed by atoms with Crippen LogP contribution in [-0.2, 0) is 13.0 Å². The second-order valence-corrected chi connectivity index (χ2v) is 6.25. The summed E-state index contributed by atoms with van der Waals surface area (Å²) in [6.07, 6.45) is 1.85. The van der Waals surface area contributed by atoms with Crippen molar-refractivity contribution in [3.05, 3.63) is 56.5 Å². The van der Waals surface area contributed by atoms with Gasteiger partial charge in [-0.1, -0.05) is 40.9 Å². The predicted octanol–water partition coefficient (Wildman–Crippen LogP) is 5.13. The van der Waals surface area contributed by atoms with Gasteiger partial charge in [0, 0.05) is 11.6 Å². The lowest BCUT2D eigenvalue weighted by Gasteiger charge is -2.13. The molecule has 0 spiro atoms. The minimum atomic E-state index is 0.317. The number of nitrogens with two attached hydrogens (primary N) is 1. The fourth-order valence-corrected chi connectivity index (χ4v) is 2.77. The number of methoxy groups -OCH3 is 1. The van der Waals surface area contributed by atoms with Crippen molar-refractivity contribution >= 4 is 34.8 Å². The van der Waals surface area contributed by atoms with Crippen LogP contribution in [0.4, 0.5) is 0 Å². The molecule has 0 heterocycles. The van der Waals surface area contributed by atoms with Crippen molar-refractivity contribution in [3.63, 3.8) is 0 Å². The first-order valence-corrected chi connectivity index (χ1v) is 8.31. The van der Waals surface area contributed by atoms with Gasteiger partial charge in [0.1, 0.15) is 18.1 Å². The van der Waals surface area contributed by atoms with E-state index in [1.165, 1.54) is 5.56 Å². The Morgan fingerprint density at radius 2 is 1.70 bits per heavy atom. The van der Waals surface area contributed by atoms with E-state index in [4.69, 9.17) is 50.0 Å². The second-order valence-electron chi connectivity index (χ2n) is 5.02.